The minimum absolute atomic E-state index is 0.0908. The van der Waals surface area contributed by atoms with Crippen LogP contribution in [0.2, 0.25) is 0 Å². The molecule has 8 heteroatoms. The standard InChI is InChI=1S/C19H31N3O4S/c1-5-21-12-10-15(11-13-21)20-19(23)17-14-16(8-9-18(17)26-4)27(24,25)22(6-2)7-3/h8-9,14-15H,5-7,10-13H2,1-4H3,(H,20,23). The Morgan fingerprint density at radius 2 is 1.85 bits per heavy atom. The van der Waals surface area contributed by atoms with E-state index in [-0.39, 0.29) is 22.4 Å². The predicted molar refractivity (Wildman–Crippen MR) is 106 cm³/mol. The molecular weight excluding hydrogens is 366 g/mol. The molecule has 1 fully saturated rings. The number of piperidine rings is 1. The molecule has 1 aliphatic rings. The van der Waals surface area contributed by atoms with Crippen molar-refractivity contribution >= 4 is 15.9 Å². The molecule has 0 bridgehead atoms. The van der Waals surface area contributed by atoms with E-state index in [1.807, 2.05) is 0 Å². The highest BCUT2D eigenvalue weighted by Gasteiger charge is 2.26. The fraction of sp³-hybridized carbons (Fsp3) is 0.632. The number of amides is 1. The minimum Gasteiger partial charge on any atom is -0.496 e. The van der Waals surface area contributed by atoms with Crippen LogP contribution in [0.3, 0.4) is 0 Å². The normalized spacial score (nSPS) is 16.5. The number of sulfonamides is 1. The van der Waals surface area contributed by atoms with Crippen molar-refractivity contribution in [3.63, 3.8) is 0 Å². The molecule has 1 aliphatic heterocycles. The van der Waals surface area contributed by atoms with E-state index in [4.69, 9.17) is 4.74 Å². The largest absolute Gasteiger partial charge is 0.496 e. The summed E-state index contributed by atoms with van der Waals surface area (Å²) in [6.45, 7) is 9.39. The second-order valence-corrected chi connectivity index (χ2v) is 8.57. The molecule has 2 rings (SSSR count). The van der Waals surface area contributed by atoms with Crippen LogP contribution in [-0.4, -0.2) is 69.4 Å². The number of carbonyl (C=O) groups excluding carboxylic acids is 1. The van der Waals surface area contributed by atoms with Gasteiger partial charge < -0.3 is 15.0 Å². The Hall–Kier alpha value is -1.64. The quantitative estimate of drug-likeness (QED) is 0.725. The number of nitrogens with zero attached hydrogens (tertiary/aromatic N) is 2. The molecule has 0 aliphatic carbocycles. The minimum atomic E-state index is -3.63. The molecule has 1 amide bonds. The Morgan fingerprint density at radius 3 is 2.37 bits per heavy atom. The summed E-state index contributed by atoms with van der Waals surface area (Å²) < 4.78 is 32.2. The molecular formula is C19H31N3O4S. The smallest absolute Gasteiger partial charge is 0.255 e. The SMILES string of the molecule is CCN1CCC(NC(=O)c2cc(S(=O)(=O)N(CC)CC)ccc2OC)CC1. The van der Waals surface area contributed by atoms with E-state index in [0.29, 0.717) is 18.8 Å². The molecule has 1 aromatic carbocycles. The Bertz CT molecular complexity index is 739. The van der Waals surface area contributed by atoms with E-state index >= 15 is 0 Å². The number of likely N-dealkylation sites (tertiary alicyclic amines) is 1. The van der Waals surface area contributed by atoms with Crippen LogP contribution in [0.15, 0.2) is 23.1 Å². The number of hydrogen-bond donors (Lipinski definition) is 1. The van der Waals surface area contributed by atoms with Gasteiger partial charge in [0.15, 0.2) is 0 Å². The fourth-order valence-corrected chi connectivity index (χ4v) is 4.88. The highest BCUT2D eigenvalue weighted by Crippen LogP contribution is 2.25. The maximum absolute atomic E-state index is 12.8. The first-order valence-corrected chi connectivity index (χ1v) is 11.0. The lowest BCUT2D eigenvalue weighted by atomic mass is 10.0. The summed E-state index contributed by atoms with van der Waals surface area (Å²) in [5.41, 5.74) is 0.253. The van der Waals surface area contributed by atoms with Crippen molar-refractivity contribution in [1.29, 1.82) is 0 Å². The Balaban J connectivity index is 2.23. The van der Waals surface area contributed by atoms with Crippen molar-refractivity contribution < 1.29 is 17.9 Å². The third kappa shape index (κ3) is 5.00. The van der Waals surface area contributed by atoms with Gasteiger partial charge in [-0.2, -0.15) is 4.31 Å². The van der Waals surface area contributed by atoms with E-state index in [0.717, 1.165) is 32.5 Å². The van der Waals surface area contributed by atoms with Gasteiger partial charge in [0.25, 0.3) is 5.91 Å². The lowest BCUT2D eigenvalue weighted by Gasteiger charge is -2.31. The number of ether oxygens (including phenoxy) is 1. The summed E-state index contributed by atoms with van der Waals surface area (Å²) in [7, 11) is -2.16. The lowest BCUT2D eigenvalue weighted by Crippen LogP contribution is -2.44. The number of hydrogen-bond acceptors (Lipinski definition) is 5. The van der Waals surface area contributed by atoms with Crippen molar-refractivity contribution in [2.24, 2.45) is 0 Å². The summed E-state index contributed by atoms with van der Waals surface area (Å²) in [5, 5.41) is 3.04. The average molecular weight is 398 g/mol. The second-order valence-electron chi connectivity index (χ2n) is 6.63. The molecule has 1 saturated heterocycles. The zero-order valence-corrected chi connectivity index (χ0v) is 17.5. The van der Waals surface area contributed by atoms with Crippen LogP contribution < -0.4 is 10.1 Å². The van der Waals surface area contributed by atoms with Crippen LogP contribution in [0.5, 0.6) is 5.75 Å². The number of methoxy groups -OCH3 is 1. The van der Waals surface area contributed by atoms with Gasteiger partial charge in [0.2, 0.25) is 10.0 Å². The number of benzene rings is 1. The molecule has 1 heterocycles. The maximum Gasteiger partial charge on any atom is 0.255 e. The molecule has 7 nitrogen and oxygen atoms in total. The molecule has 0 radical (unpaired) electrons. The van der Waals surface area contributed by atoms with Gasteiger partial charge in [-0.15, -0.1) is 0 Å². The molecule has 0 spiro atoms. The van der Waals surface area contributed by atoms with Crippen LogP contribution in [0, 0.1) is 0 Å². The lowest BCUT2D eigenvalue weighted by molar-refractivity contribution is 0.0909. The maximum atomic E-state index is 12.8. The van der Waals surface area contributed by atoms with Crippen LogP contribution >= 0.6 is 0 Å². The first-order chi connectivity index (χ1) is 12.9. The zero-order chi connectivity index (χ0) is 20.0. The molecule has 0 unspecified atom stereocenters. The van der Waals surface area contributed by atoms with Gasteiger partial charge in [-0.05, 0) is 37.6 Å². The summed E-state index contributed by atoms with van der Waals surface area (Å²) >= 11 is 0. The van der Waals surface area contributed by atoms with Gasteiger partial charge in [-0.1, -0.05) is 20.8 Å². The molecule has 0 atom stereocenters. The highest BCUT2D eigenvalue weighted by atomic mass is 32.2. The third-order valence-electron chi connectivity index (χ3n) is 5.13. The predicted octanol–water partition coefficient (Wildman–Crippen LogP) is 1.94. The average Bonchev–Trinajstić information content (AvgIpc) is 2.68. The van der Waals surface area contributed by atoms with Crippen molar-refractivity contribution in [3.05, 3.63) is 23.8 Å². The second kappa shape index (κ2) is 9.52. The monoisotopic (exact) mass is 397 g/mol. The van der Waals surface area contributed by atoms with Gasteiger partial charge in [0.1, 0.15) is 5.75 Å². The number of carbonyl (C=O) groups is 1. The van der Waals surface area contributed by atoms with E-state index in [1.54, 1.807) is 19.9 Å². The first kappa shape index (κ1) is 21.7. The summed E-state index contributed by atoms with van der Waals surface area (Å²) in [5.74, 6) is 0.0791. The van der Waals surface area contributed by atoms with E-state index in [2.05, 4.69) is 17.1 Å². The Kier molecular flexibility index (Phi) is 7.64. The van der Waals surface area contributed by atoms with E-state index in [1.165, 1.54) is 23.5 Å². The molecule has 1 aromatic rings. The molecule has 1 N–H and O–H groups in total. The van der Waals surface area contributed by atoms with Gasteiger partial charge in [0.05, 0.1) is 17.6 Å². The van der Waals surface area contributed by atoms with Crippen LogP contribution in [0.1, 0.15) is 44.0 Å². The summed E-state index contributed by atoms with van der Waals surface area (Å²) in [6, 6.07) is 4.55. The molecule has 27 heavy (non-hydrogen) atoms. The van der Waals surface area contributed by atoms with Gasteiger partial charge in [-0.3, -0.25) is 4.79 Å². The van der Waals surface area contributed by atoms with Crippen molar-refractivity contribution in [2.75, 3.05) is 39.8 Å². The van der Waals surface area contributed by atoms with Crippen molar-refractivity contribution in [3.8, 4) is 5.75 Å². The number of nitrogens with one attached hydrogen (secondary N) is 1. The van der Waals surface area contributed by atoms with E-state index in [9.17, 15) is 13.2 Å². The van der Waals surface area contributed by atoms with Gasteiger partial charge in [-0.25, -0.2) is 8.42 Å². The summed E-state index contributed by atoms with van der Waals surface area (Å²) in [4.78, 5) is 15.3. The highest BCUT2D eigenvalue weighted by molar-refractivity contribution is 7.89. The van der Waals surface area contributed by atoms with Gasteiger partial charge in [0, 0.05) is 32.2 Å². The fourth-order valence-electron chi connectivity index (χ4n) is 3.39. The first-order valence-electron chi connectivity index (χ1n) is 9.58. The Morgan fingerprint density at radius 1 is 1.22 bits per heavy atom. The van der Waals surface area contributed by atoms with Crippen molar-refractivity contribution in [1.82, 2.24) is 14.5 Å². The third-order valence-corrected chi connectivity index (χ3v) is 7.17. The van der Waals surface area contributed by atoms with Crippen LogP contribution in [0.4, 0.5) is 0 Å². The van der Waals surface area contributed by atoms with Crippen molar-refractivity contribution in [2.45, 2.75) is 44.6 Å². The van der Waals surface area contributed by atoms with Crippen LogP contribution in [0.25, 0.3) is 0 Å². The molecule has 152 valence electrons. The molecule has 0 saturated carbocycles. The zero-order valence-electron chi connectivity index (χ0n) is 16.7. The molecule has 0 aromatic heterocycles. The van der Waals surface area contributed by atoms with E-state index < -0.39 is 10.0 Å². The van der Waals surface area contributed by atoms with Gasteiger partial charge >= 0.3 is 0 Å². The topological polar surface area (TPSA) is 79.0 Å². The number of rotatable bonds is 8. The Labute approximate surface area is 162 Å². The van der Waals surface area contributed by atoms with Crippen LogP contribution in [-0.2, 0) is 10.0 Å². The summed E-state index contributed by atoms with van der Waals surface area (Å²) in [6.07, 6.45) is 1.78.